The van der Waals surface area contributed by atoms with E-state index in [2.05, 4.69) is 5.32 Å². The predicted molar refractivity (Wildman–Crippen MR) is 88.5 cm³/mol. The molecule has 24 heavy (non-hydrogen) atoms. The average Bonchev–Trinajstić information content (AvgIpc) is 2.56. The zero-order valence-corrected chi connectivity index (χ0v) is 14.1. The van der Waals surface area contributed by atoms with Crippen molar-refractivity contribution in [3.8, 4) is 5.75 Å². The van der Waals surface area contributed by atoms with Crippen LogP contribution in [0, 0.1) is 0 Å². The molecule has 0 fully saturated rings. The Morgan fingerprint density at radius 1 is 1.12 bits per heavy atom. The number of benzene rings is 1. The molecule has 0 heterocycles. The fraction of sp³-hybridized carbons (Fsp3) is 0.471. The molecule has 0 aliphatic rings. The minimum Gasteiger partial charge on any atom is -0.484 e. The van der Waals surface area contributed by atoms with Crippen molar-refractivity contribution in [2.45, 2.75) is 20.3 Å². The van der Waals surface area contributed by atoms with Gasteiger partial charge in [0.25, 0.3) is 5.91 Å². The van der Waals surface area contributed by atoms with Crippen molar-refractivity contribution in [3.05, 3.63) is 30.3 Å². The normalized spacial score (nSPS) is 9.92. The number of nitrogens with zero attached hydrogens (tertiary/aromatic N) is 1. The van der Waals surface area contributed by atoms with Gasteiger partial charge in [0.1, 0.15) is 5.75 Å². The summed E-state index contributed by atoms with van der Waals surface area (Å²) in [6.07, 6.45) is 0.102. The summed E-state index contributed by atoms with van der Waals surface area (Å²) in [5.41, 5.74) is 0. The van der Waals surface area contributed by atoms with E-state index in [0.717, 1.165) is 0 Å². The molecule has 7 nitrogen and oxygen atoms in total. The molecule has 0 saturated heterocycles. The van der Waals surface area contributed by atoms with Crippen molar-refractivity contribution in [2.24, 2.45) is 0 Å². The summed E-state index contributed by atoms with van der Waals surface area (Å²) in [6.45, 7) is 4.14. The van der Waals surface area contributed by atoms with Gasteiger partial charge in [0, 0.05) is 26.6 Å². The monoisotopic (exact) mass is 336 g/mol. The van der Waals surface area contributed by atoms with Crippen LogP contribution in [0.1, 0.15) is 20.3 Å². The number of rotatable bonds is 10. The molecule has 0 spiro atoms. The summed E-state index contributed by atoms with van der Waals surface area (Å²) in [5, 5.41) is 2.63. The third kappa shape index (κ3) is 8.17. The van der Waals surface area contributed by atoms with Gasteiger partial charge in [-0.1, -0.05) is 18.2 Å². The van der Waals surface area contributed by atoms with Gasteiger partial charge in [-0.3, -0.25) is 14.4 Å². The van der Waals surface area contributed by atoms with Crippen LogP contribution in [-0.2, 0) is 19.1 Å². The van der Waals surface area contributed by atoms with E-state index in [0.29, 0.717) is 25.4 Å². The van der Waals surface area contributed by atoms with Crippen molar-refractivity contribution in [3.63, 3.8) is 0 Å². The first kappa shape index (κ1) is 19.5. The van der Waals surface area contributed by atoms with Crippen LogP contribution in [0.25, 0.3) is 0 Å². The molecule has 0 saturated carbocycles. The number of amides is 2. The molecule has 2 amide bonds. The molecule has 1 N–H and O–H groups in total. The Morgan fingerprint density at radius 2 is 1.83 bits per heavy atom. The molecule has 0 aromatic heterocycles. The summed E-state index contributed by atoms with van der Waals surface area (Å²) in [6, 6.07) is 9.00. The summed E-state index contributed by atoms with van der Waals surface area (Å²) in [7, 11) is 0. The maximum absolute atomic E-state index is 12.3. The van der Waals surface area contributed by atoms with Gasteiger partial charge in [-0.05, 0) is 19.1 Å². The van der Waals surface area contributed by atoms with Crippen LogP contribution in [0.4, 0.5) is 0 Å². The Bertz CT molecular complexity index is 533. The van der Waals surface area contributed by atoms with Gasteiger partial charge in [-0.2, -0.15) is 0 Å². The van der Waals surface area contributed by atoms with Crippen molar-refractivity contribution >= 4 is 17.8 Å². The van der Waals surface area contributed by atoms with Gasteiger partial charge in [-0.15, -0.1) is 0 Å². The molecular weight excluding hydrogens is 312 g/mol. The lowest BCUT2D eigenvalue weighted by molar-refractivity contribution is -0.144. The highest BCUT2D eigenvalue weighted by Gasteiger charge is 2.16. The van der Waals surface area contributed by atoms with Crippen molar-refractivity contribution in [2.75, 3.05) is 32.8 Å². The zero-order valence-electron chi connectivity index (χ0n) is 14.1. The number of carbonyl (C=O) groups excluding carboxylic acids is 3. The number of nitrogens with one attached hydrogen (secondary N) is 1. The molecule has 0 unspecified atom stereocenters. The Balaban J connectivity index is 2.52. The Hall–Kier alpha value is -2.57. The quantitative estimate of drug-likeness (QED) is 0.644. The standard InChI is InChI=1S/C17H24N2O5/c1-3-23-17(22)9-11-19(12-10-18-14(2)20)16(21)13-24-15-7-5-4-6-8-15/h4-8H,3,9-13H2,1-2H3,(H,18,20). The first-order chi connectivity index (χ1) is 11.5. The topological polar surface area (TPSA) is 84.9 Å². The van der Waals surface area contributed by atoms with Crippen LogP contribution < -0.4 is 10.1 Å². The van der Waals surface area contributed by atoms with Crippen LogP contribution in [0.15, 0.2) is 30.3 Å². The molecule has 1 rings (SSSR count). The highest BCUT2D eigenvalue weighted by molar-refractivity contribution is 5.79. The molecule has 7 heteroatoms. The number of esters is 1. The van der Waals surface area contributed by atoms with Crippen molar-refractivity contribution < 1.29 is 23.9 Å². The lowest BCUT2D eigenvalue weighted by Gasteiger charge is -2.22. The minimum absolute atomic E-state index is 0.102. The van der Waals surface area contributed by atoms with Crippen molar-refractivity contribution in [1.82, 2.24) is 10.2 Å². The summed E-state index contributed by atoms with van der Waals surface area (Å²) in [4.78, 5) is 36.2. The van der Waals surface area contributed by atoms with Crippen molar-refractivity contribution in [1.29, 1.82) is 0 Å². The Morgan fingerprint density at radius 3 is 2.46 bits per heavy atom. The highest BCUT2D eigenvalue weighted by Crippen LogP contribution is 2.08. The third-order valence-electron chi connectivity index (χ3n) is 3.11. The van der Waals surface area contributed by atoms with E-state index in [4.69, 9.17) is 9.47 Å². The van der Waals surface area contributed by atoms with Gasteiger partial charge < -0.3 is 19.7 Å². The van der Waals surface area contributed by atoms with Gasteiger partial charge in [0.15, 0.2) is 6.61 Å². The minimum atomic E-state index is -0.362. The SMILES string of the molecule is CCOC(=O)CCN(CCNC(C)=O)C(=O)COc1ccccc1. The van der Waals surface area contributed by atoms with Gasteiger partial charge in [-0.25, -0.2) is 0 Å². The van der Waals surface area contributed by atoms with Crippen LogP contribution >= 0.6 is 0 Å². The van der Waals surface area contributed by atoms with E-state index in [-0.39, 0.29) is 37.4 Å². The van der Waals surface area contributed by atoms with E-state index in [1.807, 2.05) is 18.2 Å². The Kier molecular flexibility index (Phi) is 8.96. The molecule has 0 radical (unpaired) electrons. The maximum Gasteiger partial charge on any atom is 0.307 e. The largest absolute Gasteiger partial charge is 0.484 e. The van der Waals surface area contributed by atoms with Crippen LogP contribution in [0.3, 0.4) is 0 Å². The van der Waals surface area contributed by atoms with E-state index >= 15 is 0 Å². The number of carbonyl (C=O) groups is 3. The van der Waals surface area contributed by atoms with Crippen LogP contribution in [0.2, 0.25) is 0 Å². The predicted octanol–water partition coefficient (Wildman–Crippen LogP) is 0.983. The third-order valence-corrected chi connectivity index (χ3v) is 3.11. The molecule has 0 aliphatic heterocycles. The molecule has 0 aliphatic carbocycles. The molecule has 0 atom stereocenters. The maximum atomic E-state index is 12.3. The second-order valence-corrected chi connectivity index (χ2v) is 5.02. The van der Waals surface area contributed by atoms with Gasteiger partial charge >= 0.3 is 5.97 Å². The van der Waals surface area contributed by atoms with Crippen LogP contribution in [0.5, 0.6) is 5.75 Å². The number of hydrogen-bond donors (Lipinski definition) is 1. The lowest BCUT2D eigenvalue weighted by atomic mass is 10.3. The van der Waals surface area contributed by atoms with E-state index in [9.17, 15) is 14.4 Å². The molecule has 1 aromatic carbocycles. The van der Waals surface area contributed by atoms with Crippen LogP contribution in [-0.4, -0.2) is 55.5 Å². The first-order valence-electron chi connectivity index (χ1n) is 7.88. The fourth-order valence-electron chi connectivity index (χ4n) is 1.94. The number of para-hydroxylation sites is 1. The van der Waals surface area contributed by atoms with E-state index < -0.39 is 0 Å². The van der Waals surface area contributed by atoms with Gasteiger partial charge in [0.2, 0.25) is 5.91 Å². The Labute approximate surface area is 141 Å². The summed E-state index contributed by atoms with van der Waals surface area (Å²) in [5.74, 6) is -0.196. The van der Waals surface area contributed by atoms with E-state index in [1.54, 1.807) is 19.1 Å². The smallest absolute Gasteiger partial charge is 0.307 e. The lowest BCUT2D eigenvalue weighted by Crippen LogP contribution is -2.41. The molecule has 1 aromatic rings. The summed E-state index contributed by atoms with van der Waals surface area (Å²) < 4.78 is 10.3. The van der Waals surface area contributed by atoms with Gasteiger partial charge in [0.05, 0.1) is 13.0 Å². The molecule has 0 bridgehead atoms. The fourth-order valence-corrected chi connectivity index (χ4v) is 1.94. The summed E-state index contributed by atoms with van der Waals surface area (Å²) >= 11 is 0. The zero-order chi connectivity index (χ0) is 17.8. The average molecular weight is 336 g/mol. The molecule has 132 valence electrons. The number of hydrogen-bond acceptors (Lipinski definition) is 5. The first-order valence-corrected chi connectivity index (χ1v) is 7.88. The second-order valence-electron chi connectivity index (χ2n) is 5.02. The van der Waals surface area contributed by atoms with E-state index in [1.165, 1.54) is 11.8 Å². The highest BCUT2D eigenvalue weighted by atomic mass is 16.5. The second kappa shape index (κ2) is 11.0. The number of ether oxygens (including phenoxy) is 2. The molecular formula is C17H24N2O5.